The number of phenols is 2. The molecule has 0 spiro atoms. The highest BCUT2D eigenvalue weighted by Crippen LogP contribution is 2.27. The lowest BCUT2D eigenvalue weighted by molar-refractivity contribution is 0.0711. The second-order valence-corrected chi connectivity index (χ2v) is 5.20. The summed E-state index contributed by atoms with van der Waals surface area (Å²) in [6.07, 6.45) is 3.76. The van der Waals surface area contributed by atoms with Crippen molar-refractivity contribution in [3.05, 3.63) is 23.8 Å². The van der Waals surface area contributed by atoms with E-state index in [1.54, 1.807) is 0 Å². The van der Waals surface area contributed by atoms with Gasteiger partial charge in [-0.1, -0.05) is 18.0 Å². The number of carbonyl (C=O) groups is 1. The highest BCUT2D eigenvalue weighted by Gasteiger charge is 2.28. The Balaban J connectivity index is 2.28. The van der Waals surface area contributed by atoms with E-state index in [0.29, 0.717) is 0 Å². The number of rotatable bonds is 4. The number of amidine groups is 1. The number of benzene rings is 1. The van der Waals surface area contributed by atoms with Crippen LogP contribution in [0.5, 0.6) is 11.5 Å². The molecule has 1 amide bonds. The summed E-state index contributed by atoms with van der Waals surface area (Å²) in [5.41, 5.74) is 5.70. The molecule has 0 aliphatic heterocycles. The monoisotopic (exact) mass is 293 g/mol. The number of aromatic hydroxyl groups is 2. The van der Waals surface area contributed by atoms with Crippen molar-refractivity contribution in [2.24, 2.45) is 10.9 Å². The van der Waals surface area contributed by atoms with E-state index >= 15 is 0 Å². The Morgan fingerprint density at radius 1 is 1.24 bits per heavy atom. The van der Waals surface area contributed by atoms with Gasteiger partial charge in [-0.05, 0) is 25.0 Å². The van der Waals surface area contributed by atoms with Gasteiger partial charge in [0.2, 0.25) is 0 Å². The molecule has 114 valence electrons. The molecule has 0 unspecified atom stereocenters. The van der Waals surface area contributed by atoms with E-state index in [1.165, 1.54) is 17.0 Å². The smallest absolute Gasteiger partial charge is 0.254 e. The Morgan fingerprint density at radius 3 is 2.33 bits per heavy atom. The van der Waals surface area contributed by atoms with Crippen LogP contribution in [0.4, 0.5) is 0 Å². The number of phenolic OH excluding ortho intramolecular Hbond substituents is 2. The third-order valence-corrected chi connectivity index (χ3v) is 3.64. The van der Waals surface area contributed by atoms with Gasteiger partial charge in [0.05, 0.1) is 6.54 Å². The fourth-order valence-electron chi connectivity index (χ4n) is 2.67. The van der Waals surface area contributed by atoms with Gasteiger partial charge in [-0.25, -0.2) is 0 Å². The molecule has 0 saturated heterocycles. The van der Waals surface area contributed by atoms with Crippen LogP contribution in [0.2, 0.25) is 0 Å². The molecule has 1 aliphatic carbocycles. The average molecular weight is 293 g/mol. The van der Waals surface area contributed by atoms with Crippen LogP contribution in [0, 0.1) is 0 Å². The molecule has 0 atom stereocenters. The van der Waals surface area contributed by atoms with Crippen LogP contribution >= 0.6 is 0 Å². The normalized spacial score (nSPS) is 16.1. The summed E-state index contributed by atoms with van der Waals surface area (Å²) in [5, 5.41) is 30.6. The van der Waals surface area contributed by atoms with Crippen molar-refractivity contribution in [3.63, 3.8) is 0 Å². The van der Waals surface area contributed by atoms with Crippen LogP contribution in [0.1, 0.15) is 36.0 Å². The molecule has 0 radical (unpaired) electrons. The number of amides is 1. The molecule has 0 heterocycles. The summed E-state index contributed by atoms with van der Waals surface area (Å²) in [7, 11) is 0. The number of nitrogens with two attached hydrogens (primary N) is 1. The minimum absolute atomic E-state index is 0.0103. The van der Waals surface area contributed by atoms with Crippen LogP contribution < -0.4 is 5.73 Å². The van der Waals surface area contributed by atoms with Crippen molar-refractivity contribution in [1.29, 1.82) is 0 Å². The van der Waals surface area contributed by atoms with Crippen LogP contribution in [0.3, 0.4) is 0 Å². The van der Waals surface area contributed by atoms with E-state index in [-0.39, 0.29) is 41.4 Å². The maximum atomic E-state index is 12.6. The molecule has 7 nitrogen and oxygen atoms in total. The number of carbonyl (C=O) groups excluding carboxylic acids is 1. The molecule has 5 N–H and O–H groups in total. The molecular formula is C14H19N3O4. The average Bonchev–Trinajstić information content (AvgIpc) is 2.96. The maximum absolute atomic E-state index is 12.6. The second-order valence-electron chi connectivity index (χ2n) is 5.20. The van der Waals surface area contributed by atoms with Gasteiger partial charge in [0.15, 0.2) is 5.84 Å². The van der Waals surface area contributed by atoms with E-state index in [4.69, 9.17) is 10.9 Å². The first kappa shape index (κ1) is 15.0. The number of nitrogens with zero attached hydrogens (tertiary/aromatic N) is 2. The largest absolute Gasteiger partial charge is 0.508 e. The van der Waals surface area contributed by atoms with Crippen LogP contribution in [-0.2, 0) is 0 Å². The first-order valence-electron chi connectivity index (χ1n) is 6.81. The molecule has 0 bridgehead atoms. The Morgan fingerprint density at radius 2 is 1.81 bits per heavy atom. The zero-order valence-electron chi connectivity index (χ0n) is 11.6. The lowest BCUT2D eigenvalue weighted by Gasteiger charge is -2.28. The number of hydrogen-bond donors (Lipinski definition) is 4. The predicted molar refractivity (Wildman–Crippen MR) is 76.5 cm³/mol. The third-order valence-electron chi connectivity index (χ3n) is 3.64. The molecule has 0 aromatic heterocycles. The lowest BCUT2D eigenvalue weighted by Crippen LogP contribution is -2.44. The molecule has 1 fully saturated rings. The van der Waals surface area contributed by atoms with Crippen molar-refractivity contribution >= 4 is 11.7 Å². The molecule has 1 aromatic rings. The SMILES string of the molecule is N/C(CN(C(=O)c1cc(O)cc(O)c1)C1CCCC1)=N/O. The molecule has 7 heteroatoms. The van der Waals surface area contributed by atoms with E-state index in [9.17, 15) is 15.0 Å². The molecule has 2 rings (SSSR count). The van der Waals surface area contributed by atoms with Gasteiger partial charge >= 0.3 is 0 Å². The molecular weight excluding hydrogens is 274 g/mol. The highest BCUT2D eigenvalue weighted by molar-refractivity contribution is 5.97. The van der Waals surface area contributed by atoms with Gasteiger partial charge in [-0.2, -0.15) is 0 Å². The van der Waals surface area contributed by atoms with Crippen LogP contribution in [0.15, 0.2) is 23.4 Å². The van der Waals surface area contributed by atoms with E-state index in [0.717, 1.165) is 31.7 Å². The molecule has 1 aromatic carbocycles. The standard InChI is InChI=1S/C14H19N3O4/c15-13(16-21)8-17(10-3-1-2-4-10)14(20)9-5-11(18)7-12(19)6-9/h5-7,10,18-19,21H,1-4,8H2,(H2,15,16). The lowest BCUT2D eigenvalue weighted by atomic mass is 10.1. The van der Waals surface area contributed by atoms with E-state index in [2.05, 4.69) is 5.16 Å². The minimum atomic E-state index is -0.361. The third kappa shape index (κ3) is 3.56. The minimum Gasteiger partial charge on any atom is -0.508 e. The van der Waals surface area contributed by atoms with E-state index in [1.807, 2.05) is 0 Å². The van der Waals surface area contributed by atoms with E-state index < -0.39 is 0 Å². The summed E-state index contributed by atoms with van der Waals surface area (Å²) in [4.78, 5) is 14.1. The van der Waals surface area contributed by atoms with Crippen molar-refractivity contribution in [2.75, 3.05) is 6.54 Å². The second kappa shape index (κ2) is 6.34. The quantitative estimate of drug-likeness (QED) is 0.288. The van der Waals surface area contributed by atoms with Gasteiger partial charge in [0, 0.05) is 17.7 Å². The fourth-order valence-corrected chi connectivity index (χ4v) is 2.67. The summed E-state index contributed by atoms with van der Waals surface area (Å²) in [5.74, 6) is -0.790. The Hall–Kier alpha value is -2.44. The summed E-state index contributed by atoms with van der Waals surface area (Å²) in [6.45, 7) is 0.0103. The summed E-state index contributed by atoms with van der Waals surface area (Å²) < 4.78 is 0. The van der Waals surface area contributed by atoms with Gasteiger partial charge in [0.1, 0.15) is 11.5 Å². The first-order chi connectivity index (χ1) is 10.0. The van der Waals surface area contributed by atoms with Gasteiger partial charge in [-0.3, -0.25) is 4.79 Å². The fraction of sp³-hybridized carbons (Fsp3) is 0.429. The number of hydrogen-bond acceptors (Lipinski definition) is 5. The highest BCUT2D eigenvalue weighted by atomic mass is 16.4. The van der Waals surface area contributed by atoms with Gasteiger partial charge in [0.25, 0.3) is 5.91 Å². The van der Waals surface area contributed by atoms with Gasteiger partial charge in [-0.15, -0.1) is 0 Å². The van der Waals surface area contributed by atoms with Crippen molar-refractivity contribution < 1.29 is 20.2 Å². The summed E-state index contributed by atoms with van der Waals surface area (Å²) in [6, 6.07) is 3.74. The molecule has 1 aliphatic rings. The zero-order valence-corrected chi connectivity index (χ0v) is 11.6. The topological polar surface area (TPSA) is 119 Å². The number of oxime groups is 1. The van der Waals surface area contributed by atoms with Crippen LogP contribution in [0.25, 0.3) is 0 Å². The summed E-state index contributed by atoms with van der Waals surface area (Å²) >= 11 is 0. The Bertz CT molecular complexity index is 533. The Labute approximate surface area is 122 Å². The van der Waals surface area contributed by atoms with Gasteiger partial charge < -0.3 is 26.1 Å². The zero-order chi connectivity index (χ0) is 15.4. The van der Waals surface area contributed by atoms with Crippen molar-refractivity contribution in [1.82, 2.24) is 4.90 Å². The van der Waals surface area contributed by atoms with Crippen molar-refractivity contribution in [3.8, 4) is 11.5 Å². The molecule has 21 heavy (non-hydrogen) atoms. The maximum Gasteiger partial charge on any atom is 0.254 e. The first-order valence-corrected chi connectivity index (χ1v) is 6.81. The molecule has 1 saturated carbocycles. The Kier molecular flexibility index (Phi) is 4.52. The van der Waals surface area contributed by atoms with Crippen LogP contribution in [-0.4, -0.2) is 44.6 Å². The van der Waals surface area contributed by atoms with Crippen molar-refractivity contribution in [2.45, 2.75) is 31.7 Å². The predicted octanol–water partition coefficient (Wildman–Crippen LogP) is 1.23.